The number of nitrogens with two attached hydrogens (primary N) is 1. The number of rotatable bonds is 4. The lowest BCUT2D eigenvalue weighted by molar-refractivity contribution is -0.175. The van der Waals surface area contributed by atoms with Gasteiger partial charge in [0.2, 0.25) is 5.91 Å². The third kappa shape index (κ3) is 3.68. The van der Waals surface area contributed by atoms with E-state index < -0.39 is 82.0 Å². The fourth-order valence-corrected chi connectivity index (χ4v) is 6.39. The number of anilines is 1. The van der Waals surface area contributed by atoms with E-state index in [4.69, 9.17) is 5.73 Å². The van der Waals surface area contributed by atoms with Crippen LogP contribution in [0.2, 0.25) is 0 Å². The van der Waals surface area contributed by atoms with E-state index >= 15 is 0 Å². The Morgan fingerprint density at radius 1 is 1.03 bits per heavy atom. The summed E-state index contributed by atoms with van der Waals surface area (Å²) >= 11 is 0. The second kappa shape index (κ2) is 8.84. The molecule has 3 aliphatic carbocycles. The lowest BCUT2D eigenvalue weighted by atomic mass is 9.53. The number of aliphatic hydroxyl groups is 1. The monoisotopic (exact) mass is 534 g/mol. The van der Waals surface area contributed by atoms with Crippen LogP contribution in [0.4, 0.5) is 5.69 Å². The maximum Gasteiger partial charge on any atom is 0.339 e. The number of Topliss-reactive ketones (excluding diaryl/α,β-unsaturated/α-hetero) is 4. The molecule has 0 bridgehead atoms. The molecule has 0 saturated heterocycles. The molecular weight excluding hydrogens is 508 g/mol. The number of carboxylic acids is 1. The number of carbonyl (C=O) groups is 6. The highest BCUT2D eigenvalue weighted by atomic mass is 16.4. The van der Waals surface area contributed by atoms with Crippen molar-refractivity contribution in [3.05, 3.63) is 47.0 Å². The van der Waals surface area contributed by atoms with Crippen LogP contribution in [-0.4, -0.2) is 70.0 Å². The van der Waals surface area contributed by atoms with Gasteiger partial charge in [-0.15, -0.1) is 0 Å². The number of primary amides is 1. The summed E-state index contributed by atoms with van der Waals surface area (Å²) in [5.41, 5.74) is 3.70. The average Bonchev–Trinajstić information content (AvgIpc) is 2.86. The average molecular weight is 535 g/mol. The highest BCUT2D eigenvalue weighted by Gasteiger charge is 2.66. The van der Waals surface area contributed by atoms with Gasteiger partial charge >= 0.3 is 5.97 Å². The summed E-state index contributed by atoms with van der Waals surface area (Å²) < 4.78 is 0. The van der Waals surface area contributed by atoms with Crippen LogP contribution in [0.15, 0.2) is 30.3 Å². The number of nitrogens with zero attached hydrogens (tertiary/aromatic N) is 1. The fourth-order valence-electron chi connectivity index (χ4n) is 6.39. The molecule has 3 aliphatic rings. The van der Waals surface area contributed by atoms with Gasteiger partial charge in [0, 0.05) is 32.1 Å². The molecule has 5 atom stereocenters. The van der Waals surface area contributed by atoms with Gasteiger partial charge in [-0.1, -0.05) is 12.1 Å². The molecule has 11 heteroatoms. The first-order valence-electron chi connectivity index (χ1n) is 12.4. The third-order valence-electron chi connectivity index (χ3n) is 8.33. The number of aromatic hydroxyl groups is 1. The maximum atomic E-state index is 13.8. The van der Waals surface area contributed by atoms with Crippen LogP contribution in [0.3, 0.4) is 0 Å². The molecule has 39 heavy (non-hydrogen) atoms. The van der Waals surface area contributed by atoms with Gasteiger partial charge in [-0.05, 0) is 53.6 Å². The molecule has 202 valence electrons. The predicted molar refractivity (Wildman–Crippen MR) is 135 cm³/mol. The van der Waals surface area contributed by atoms with Gasteiger partial charge in [0.05, 0.1) is 11.5 Å². The quantitative estimate of drug-likeness (QED) is 0.407. The molecule has 2 saturated carbocycles. The molecule has 1 amide bonds. The SMILES string of the molecule is CN(C)c1ccc(-c2cc(C(=O)O)c(O)c3c2C[C@H]2C[C@H]4CC(=O)C(C(N)=O)C(=O)[C@@]4(O)C(=O)C2C3=O)cc1. The van der Waals surface area contributed by atoms with Crippen molar-refractivity contribution in [3.63, 3.8) is 0 Å². The van der Waals surface area contributed by atoms with E-state index in [2.05, 4.69) is 0 Å². The number of benzene rings is 2. The summed E-state index contributed by atoms with van der Waals surface area (Å²) in [4.78, 5) is 78.7. The van der Waals surface area contributed by atoms with E-state index in [0.717, 1.165) is 5.69 Å². The molecular formula is C28H26N2O9. The Kier molecular flexibility index (Phi) is 5.95. The number of carboxylic acid groups (broad SMARTS) is 1. The Hall–Kier alpha value is -4.38. The zero-order valence-corrected chi connectivity index (χ0v) is 21.1. The van der Waals surface area contributed by atoms with Gasteiger partial charge in [-0.2, -0.15) is 0 Å². The number of ketones is 4. The molecule has 0 heterocycles. The summed E-state index contributed by atoms with van der Waals surface area (Å²) in [5, 5.41) is 32.0. The Morgan fingerprint density at radius 3 is 2.23 bits per heavy atom. The molecule has 0 aliphatic heterocycles. The second-order valence-corrected chi connectivity index (χ2v) is 10.7. The smallest absolute Gasteiger partial charge is 0.339 e. The Morgan fingerprint density at radius 2 is 1.67 bits per heavy atom. The highest BCUT2D eigenvalue weighted by Crippen LogP contribution is 2.51. The zero-order valence-electron chi connectivity index (χ0n) is 21.1. The molecule has 5 rings (SSSR count). The summed E-state index contributed by atoms with van der Waals surface area (Å²) in [7, 11) is 3.71. The topological polar surface area (TPSA) is 192 Å². The van der Waals surface area contributed by atoms with Crippen molar-refractivity contribution in [2.24, 2.45) is 29.4 Å². The van der Waals surface area contributed by atoms with E-state index in [0.29, 0.717) is 16.7 Å². The van der Waals surface area contributed by atoms with Crippen molar-refractivity contribution in [2.75, 3.05) is 19.0 Å². The molecule has 0 aromatic heterocycles. The molecule has 2 fully saturated rings. The largest absolute Gasteiger partial charge is 0.506 e. The fraction of sp³-hybridized carbons (Fsp3) is 0.357. The van der Waals surface area contributed by atoms with Crippen molar-refractivity contribution < 1.29 is 44.1 Å². The minimum Gasteiger partial charge on any atom is -0.506 e. The van der Waals surface area contributed by atoms with Crippen LogP contribution >= 0.6 is 0 Å². The van der Waals surface area contributed by atoms with Gasteiger partial charge in [0.15, 0.2) is 34.7 Å². The van der Waals surface area contributed by atoms with Crippen LogP contribution in [0.1, 0.15) is 39.1 Å². The molecule has 2 unspecified atom stereocenters. The van der Waals surface area contributed by atoms with Crippen LogP contribution in [0.5, 0.6) is 5.75 Å². The number of amides is 1. The van der Waals surface area contributed by atoms with Crippen molar-refractivity contribution in [2.45, 2.75) is 24.9 Å². The number of carbonyl (C=O) groups excluding carboxylic acids is 5. The Bertz CT molecular complexity index is 1490. The number of fused-ring (bicyclic) bond motifs is 3. The number of aromatic carboxylic acids is 1. The second-order valence-electron chi connectivity index (χ2n) is 10.7. The van der Waals surface area contributed by atoms with Crippen molar-refractivity contribution in [3.8, 4) is 16.9 Å². The van der Waals surface area contributed by atoms with Crippen molar-refractivity contribution in [1.29, 1.82) is 0 Å². The number of hydrogen-bond donors (Lipinski definition) is 4. The van der Waals surface area contributed by atoms with Gasteiger partial charge in [0.25, 0.3) is 0 Å². The number of phenols is 1. The van der Waals surface area contributed by atoms with E-state index in [9.17, 15) is 44.1 Å². The van der Waals surface area contributed by atoms with E-state index in [1.54, 1.807) is 24.3 Å². The molecule has 0 radical (unpaired) electrons. The first-order valence-corrected chi connectivity index (χ1v) is 12.4. The van der Waals surface area contributed by atoms with Crippen LogP contribution in [0.25, 0.3) is 11.1 Å². The van der Waals surface area contributed by atoms with Gasteiger partial charge in [-0.25, -0.2) is 4.79 Å². The van der Waals surface area contributed by atoms with Gasteiger partial charge in [-0.3, -0.25) is 24.0 Å². The Labute approximate surface area is 222 Å². The van der Waals surface area contributed by atoms with Crippen LogP contribution < -0.4 is 10.6 Å². The first kappa shape index (κ1) is 26.2. The van der Waals surface area contributed by atoms with Crippen molar-refractivity contribution >= 4 is 40.7 Å². The lowest BCUT2D eigenvalue weighted by Gasteiger charge is -2.48. The minimum atomic E-state index is -2.77. The number of hydrogen-bond acceptors (Lipinski definition) is 9. The summed E-state index contributed by atoms with van der Waals surface area (Å²) in [6.45, 7) is 0. The third-order valence-corrected chi connectivity index (χ3v) is 8.33. The summed E-state index contributed by atoms with van der Waals surface area (Å²) in [6, 6.07) is 8.39. The highest BCUT2D eigenvalue weighted by molar-refractivity contribution is 6.31. The first-order chi connectivity index (χ1) is 18.3. The van der Waals surface area contributed by atoms with Gasteiger partial charge in [0.1, 0.15) is 11.3 Å². The molecule has 11 nitrogen and oxygen atoms in total. The summed E-state index contributed by atoms with van der Waals surface area (Å²) in [6.07, 6.45) is -0.445. The van der Waals surface area contributed by atoms with E-state index in [1.165, 1.54) is 6.07 Å². The standard InChI is InChI=1S/C28H26N2O9/c1-30(2)14-5-3-11(4-6-14)15-10-17(27(37)38)22(32)20-16(15)8-12-7-13-9-18(31)21(26(29)36)25(35)28(13,39)24(34)19(12)23(20)33/h3-6,10,12-13,19,21,32,39H,7-9H2,1-2H3,(H2,29,36)(H,37,38)/t12-,13+,19?,21?,28+/m1/s1. The van der Waals surface area contributed by atoms with Crippen LogP contribution in [-0.2, 0) is 25.6 Å². The van der Waals surface area contributed by atoms with Crippen LogP contribution in [0, 0.1) is 23.7 Å². The zero-order chi connectivity index (χ0) is 28.5. The predicted octanol–water partition coefficient (Wildman–Crippen LogP) is 0.758. The lowest BCUT2D eigenvalue weighted by Crippen LogP contribution is -2.68. The van der Waals surface area contributed by atoms with Gasteiger partial charge < -0.3 is 26.0 Å². The minimum absolute atomic E-state index is 0.0455. The Balaban J connectivity index is 1.66. The normalized spacial score (nSPS) is 27.9. The summed E-state index contributed by atoms with van der Waals surface area (Å²) in [5.74, 6) is -13.3. The molecule has 2 aromatic rings. The maximum absolute atomic E-state index is 13.8. The van der Waals surface area contributed by atoms with Crippen molar-refractivity contribution in [1.82, 2.24) is 0 Å². The molecule has 2 aromatic carbocycles. The molecule has 5 N–H and O–H groups in total. The molecule has 0 spiro atoms. The van der Waals surface area contributed by atoms with E-state index in [1.807, 2.05) is 19.0 Å². The van der Waals surface area contributed by atoms with E-state index in [-0.39, 0.29) is 18.4 Å².